The van der Waals surface area contributed by atoms with E-state index < -0.39 is 10.0 Å². The molecule has 1 aliphatic heterocycles. The van der Waals surface area contributed by atoms with Crippen LogP contribution in [0.1, 0.15) is 58.4 Å². The van der Waals surface area contributed by atoms with Crippen LogP contribution in [0.3, 0.4) is 0 Å². The lowest BCUT2D eigenvalue weighted by Crippen LogP contribution is -2.23. The summed E-state index contributed by atoms with van der Waals surface area (Å²) in [5.74, 6) is 0. The third-order valence-corrected chi connectivity index (χ3v) is 9.24. The Bertz CT molecular complexity index is 1060. The summed E-state index contributed by atoms with van der Waals surface area (Å²) in [6.45, 7) is 15.8. The summed E-state index contributed by atoms with van der Waals surface area (Å²) in [6.07, 6.45) is 6.91. The van der Waals surface area contributed by atoms with E-state index in [0.717, 1.165) is 11.4 Å². The predicted molar refractivity (Wildman–Crippen MR) is 137 cm³/mol. The Morgan fingerprint density at radius 1 is 0.710 bits per heavy atom. The summed E-state index contributed by atoms with van der Waals surface area (Å²) in [4.78, 5) is 9.94. The van der Waals surface area contributed by atoms with E-state index in [0.29, 0.717) is 0 Å². The van der Waals surface area contributed by atoms with Crippen molar-refractivity contribution in [2.24, 2.45) is 0 Å². The minimum atomic E-state index is -1.18. The normalized spacial score (nSPS) is 16.5. The fourth-order valence-electron chi connectivity index (χ4n) is 4.27. The summed E-state index contributed by atoms with van der Waals surface area (Å²) in [6, 6.07) is 18.5. The maximum absolute atomic E-state index is 4.62. The average Bonchev–Trinajstić information content (AvgIpc) is 2.67. The number of pyridine rings is 1. The second-order valence-corrected chi connectivity index (χ2v) is 14.7. The van der Waals surface area contributed by atoms with Crippen LogP contribution in [0.25, 0.3) is 0 Å². The van der Waals surface area contributed by atoms with Gasteiger partial charge in [-0.25, -0.2) is 0 Å². The highest BCUT2D eigenvalue weighted by atomic mass is 32.3. The summed E-state index contributed by atoms with van der Waals surface area (Å²) >= 11 is 0. The van der Waals surface area contributed by atoms with Gasteiger partial charge >= 0.3 is 0 Å². The van der Waals surface area contributed by atoms with E-state index in [-0.39, 0.29) is 10.8 Å². The fourth-order valence-corrected chi connectivity index (χ4v) is 6.71. The predicted octanol–water partition coefficient (Wildman–Crippen LogP) is 8.25. The van der Waals surface area contributed by atoms with Crippen molar-refractivity contribution in [3.63, 3.8) is 0 Å². The van der Waals surface area contributed by atoms with Crippen LogP contribution < -0.4 is 4.90 Å². The molecule has 0 radical (unpaired) electrons. The van der Waals surface area contributed by atoms with Gasteiger partial charge in [0.2, 0.25) is 0 Å². The van der Waals surface area contributed by atoms with Gasteiger partial charge in [-0.15, -0.1) is 0 Å². The zero-order valence-corrected chi connectivity index (χ0v) is 21.3. The van der Waals surface area contributed by atoms with E-state index in [2.05, 4.69) is 112 Å². The maximum atomic E-state index is 4.62. The van der Waals surface area contributed by atoms with Gasteiger partial charge in [-0.1, -0.05) is 53.7 Å². The van der Waals surface area contributed by atoms with E-state index in [1.807, 2.05) is 13.1 Å². The molecule has 0 bridgehead atoms. The Kier molecular flexibility index (Phi) is 5.05. The van der Waals surface area contributed by atoms with Crippen molar-refractivity contribution < 1.29 is 0 Å². The van der Waals surface area contributed by atoms with Crippen LogP contribution in [0.5, 0.6) is 0 Å². The van der Waals surface area contributed by atoms with Gasteiger partial charge in [0.25, 0.3) is 0 Å². The van der Waals surface area contributed by atoms with Crippen molar-refractivity contribution in [3.8, 4) is 0 Å². The molecule has 0 saturated carbocycles. The van der Waals surface area contributed by atoms with Crippen molar-refractivity contribution >= 4 is 27.1 Å². The fraction of sp³-hybridized carbons (Fsp3) is 0.393. The van der Waals surface area contributed by atoms with Crippen LogP contribution in [0.4, 0.5) is 17.1 Å². The number of fused-ring (bicyclic) bond motifs is 2. The molecule has 2 nitrogen and oxygen atoms in total. The van der Waals surface area contributed by atoms with Gasteiger partial charge in [-0.2, -0.15) is 10.0 Å². The Morgan fingerprint density at radius 3 is 1.58 bits per heavy atom. The molecule has 0 aliphatic carbocycles. The van der Waals surface area contributed by atoms with Gasteiger partial charge in [0.05, 0.1) is 23.3 Å². The molecular formula is C28H36N2S. The number of anilines is 3. The van der Waals surface area contributed by atoms with Crippen molar-refractivity contribution in [2.75, 3.05) is 17.4 Å². The molecule has 0 N–H and O–H groups in total. The van der Waals surface area contributed by atoms with Crippen molar-refractivity contribution in [2.45, 2.75) is 69.1 Å². The number of hydrogen-bond acceptors (Lipinski definition) is 2. The monoisotopic (exact) mass is 432 g/mol. The Morgan fingerprint density at radius 2 is 1.19 bits per heavy atom. The van der Waals surface area contributed by atoms with Gasteiger partial charge < -0.3 is 4.90 Å². The third kappa shape index (κ3) is 3.78. The van der Waals surface area contributed by atoms with Crippen LogP contribution in [-0.2, 0) is 10.8 Å². The average molecular weight is 433 g/mol. The first kappa shape index (κ1) is 22.0. The molecule has 164 valence electrons. The maximum Gasteiger partial charge on any atom is 0.0646 e. The molecule has 2 aromatic carbocycles. The van der Waals surface area contributed by atoms with Crippen molar-refractivity contribution in [3.05, 3.63) is 71.5 Å². The van der Waals surface area contributed by atoms with Crippen molar-refractivity contribution in [1.82, 2.24) is 4.98 Å². The molecule has 2 heterocycles. The Labute approximate surface area is 190 Å². The molecule has 3 aromatic rings. The summed E-state index contributed by atoms with van der Waals surface area (Å²) in [5.41, 5.74) is 7.76. The number of rotatable bonds is 1. The van der Waals surface area contributed by atoms with E-state index >= 15 is 0 Å². The lowest BCUT2D eigenvalue weighted by atomic mass is 9.86. The lowest BCUT2D eigenvalue weighted by Gasteiger charge is -2.46. The zero-order valence-electron chi connectivity index (χ0n) is 20.5. The minimum Gasteiger partial charge on any atom is -0.307 e. The molecule has 1 aliphatic rings. The zero-order chi connectivity index (χ0) is 22.8. The second kappa shape index (κ2) is 7.13. The van der Waals surface area contributed by atoms with Gasteiger partial charge in [0, 0.05) is 15.5 Å². The molecule has 0 fully saturated rings. The van der Waals surface area contributed by atoms with E-state index in [1.54, 1.807) is 0 Å². The van der Waals surface area contributed by atoms with Gasteiger partial charge in [-0.3, -0.25) is 4.98 Å². The van der Waals surface area contributed by atoms with Gasteiger partial charge in [0.15, 0.2) is 0 Å². The highest BCUT2D eigenvalue weighted by molar-refractivity contribution is 8.33. The smallest absolute Gasteiger partial charge is 0.0646 e. The molecule has 0 unspecified atom stereocenters. The quantitative estimate of drug-likeness (QED) is 0.385. The molecule has 3 heteroatoms. The first-order chi connectivity index (χ1) is 14.3. The molecule has 0 spiro atoms. The molecule has 31 heavy (non-hydrogen) atoms. The molecule has 0 saturated heterocycles. The molecule has 4 rings (SSSR count). The SMILES string of the molecule is Cc1ccc(N2c3ccc(C(C)(C)C)cc3S(C)(C)c3cc(C(C)(C)C)ccc32)cn1. The van der Waals surface area contributed by atoms with E-state index in [1.165, 1.54) is 32.3 Å². The first-order valence-electron chi connectivity index (χ1n) is 11.1. The standard InChI is InChI=1S/C28H36N2S/c1-19-10-13-22(18-29-19)30-23-14-11-20(27(2,3)4)16-25(23)31(8,9)26-17-21(28(5,6)7)12-15-24(26)30/h10-18H,1-9H3. The number of aromatic nitrogens is 1. The number of aryl methyl sites for hydroxylation is 1. The van der Waals surface area contributed by atoms with Gasteiger partial charge in [0.1, 0.15) is 0 Å². The Balaban J connectivity index is 2.03. The second-order valence-electron chi connectivity index (χ2n) is 11.2. The molecule has 1 aromatic heterocycles. The van der Waals surface area contributed by atoms with E-state index in [4.69, 9.17) is 0 Å². The number of benzene rings is 2. The molecule has 0 atom stereocenters. The largest absolute Gasteiger partial charge is 0.307 e. The van der Waals surface area contributed by atoms with E-state index in [9.17, 15) is 0 Å². The third-order valence-electron chi connectivity index (χ3n) is 6.39. The minimum absolute atomic E-state index is 0.119. The van der Waals surface area contributed by atoms with Crippen LogP contribution in [0.15, 0.2) is 64.5 Å². The van der Waals surface area contributed by atoms with Crippen LogP contribution in [-0.4, -0.2) is 17.5 Å². The molecular weight excluding hydrogens is 396 g/mol. The Hall–Kier alpha value is -2.26. The first-order valence-corrected chi connectivity index (χ1v) is 13.5. The van der Waals surface area contributed by atoms with Crippen LogP contribution in [0.2, 0.25) is 0 Å². The van der Waals surface area contributed by atoms with Crippen molar-refractivity contribution in [1.29, 1.82) is 0 Å². The van der Waals surface area contributed by atoms with Crippen LogP contribution in [0, 0.1) is 6.92 Å². The number of nitrogens with zero attached hydrogens (tertiary/aromatic N) is 2. The summed E-state index contributed by atoms with van der Waals surface area (Å²) in [5, 5.41) is 0. The summed E-state index contributed by atoms with van der Waals surface area (Å²) < 4.78 is 0. The van der Waals surface area contributed by atoms with Gasteiger partial charge in [-0.05, 0) is 77.8 Å². The topological polar surface area (TPSA) is 16.1 Å². The lowest BCUT2D eigenvalue weighted by molar-refractivity contribution is 0.588. The number of hydrogen-bond donors (Lipinski definition) is 0. The highest BCUT2D eigenvalue weighted by Gasteiger charge is 2.35. The summed E-state index contributed by atoms with van der Waals surface area (Å²) in [7, 11) is -1.18. The van der Waals surface area contributed by atoms with Crippen LogP contribution >= 0.6 is 10.0 Å². The highest BCUT2D eigenvalue weighted by Crippen LogP contribution is 2.68. The molecule has 0 amide bonds.